The van der Waals surface area contributed by atoms with Crippen molar-refractivity contribution in [1.29, 1.82) is 0 Å². The third kappa shape index (κ3) is 2.20. The summed E-state index contributed by atoms with van der Waals surface area (Å²) in [7, 11) is 0. The van der Waals surface area contributed by atoms with Crippen molar-refractivity contribution in [1.82, 2.24) is 4.90 Å². The molecule has 2 amide bonds. The van der Waals surface area contributed by atoms with E-state index in [2.05, 4.69) is 0 Å². The van der Waals surface area contributed by atoms with Crippen molar-refractivity contribution in [3.8, 4) is 0 Å². The molecular formula is C12H21NO3. The molecule has 4 heteroatoms. The molecule has 0 aromatic carbocycles. The Bertz CT molecular complexity index is 300. The van der Waals surface area contributed by atoms with E-state index in [1.54, 1.807) is 20.8 Å². The van der Waals surface area contributed by atoms with Gasteiger partial charge in [-0.1, -0.05) is 13.8 Å². The molecule has 0 aromatic heterocycles. The molecule has 1 rings (SSSR count). The lowest BCUT2D eigenvalue weighted by Gasteiger charge is -2.49. The van der Waals surface area contributed by atoms with Gasteiger partial charge in [-0.2, -0.15) is 0 Å². The summed E-state index contributed by atoms with van der Waals surface area (Å²) in [5.41, 5.74) is -0.862. The van der Waals surface area contributed by atoms with Crippen LogP contribution >= 0.6 is 0 Å². The van der Waals surface area contributed by atoms with Gasteiger partial charge in [0, 0.05) is 0 Å². The molecule has 1 aliphatic heterocycles. The summed E-state index contributed by atoms with van der Waals surface area (Å²) in [5, 5.41) is 0. The van der Waals surface area contributed by atoms with Crippen molar-refractivity contribution in [3.63, 3.8) is 0 Å². The molecule has 4 nitrogen and oxygen atoms in total. The molecule has 1 saturated heterocycles. The lowest BCUT2D eigenvalue weighted by molar-refractivity contribution is -0.154. The van der Waals surface area contributed by atoms with Crippen LogP contribution in [-0.2, 0) is 9.53 Å². The number of hydrogen-bond donors (Lipinski definition) is 0. The first-order valence-electron chi connectivity index (χ1n) is 5.82. The molecule has 0 N–H and O–H groups in total. The van der Waals surface area contributed by atoms with Crippen molar-refractivity contribution in [2.24, 2.45) is 0 Å². The fraction of sp³-hybridized carbons (Fsp3) is 0.833. The van der Waals surface area contributed by atoms with Crippen LogP contribution in [0.4, 0.5) is 4.79 Å². The quantitative estimate of drug-likeness (QED) is 0.681. The van der Waals surface area contributed by atoms with Crippen LogP contribution in [0.5, 0.6) is 0 Å². The lowest BCUT2D eigenvalue weighted by Crippen LogP contribution is -2.65. The Balaban J connectivity index is 2.78. The van der Waals surface area contributed by atoms with E-state index in [0.717, 1.165) is 12.8 Å². The van der Waals surface area contributed by atoms with Crippen LogP contribution in [0, 0.1) is 0 Å². The van der Waals surface area contributed by atoms with Gasteiger partial charge in [-0.3, -0.25) is 4.79 Å². The zero-order valence-corrected chi connectivity index (χ0v) is 10.8. The van der Waals surface area contributed by atoms with Gasteiger partial charge in [0.05, 0.1) is 12.0 Å². The summed E-state index contributed by atoms with van der Waals surface area (Å²) in [6, 6.07) is 0. The van der Waals surface area contributed by atoms with Crippen molar-refractivity contribution < 1.29 is 14.3 Å². The first-order chi connectivity index (χ1) is 7.25. The van der Waals surface area contributed by atoms with Gasteiger partial charge < -0.3 is 4.74 Å². The van der Waals surface area contributed by atoms with Gasteiger partial charge in [0.1, 0.15) is 5.60 Å². The standard InChI is InChI=1S/C12H21NO3/c1-6-12(7-2)8-9(14)13(12)10(15)16-11(3,4)5/h6-8H2,1-5H3. The average Bonchev–Trinajstić information content (AvgIpc) is 2.10. The van der Waals surface area contributed by atoms with Crippen LogP contribution in [-0.4, -0.2) is 28.0 Å². The van der Waals surface area contributed by atoms with Gasteiger partial charge in [0.25, 0.3) is 0 Å². The largest absolute Gasteiger partial charge is 0.443 e. The third-order valence-corrected chi connectivity index (χ3v) is 3.10. The number of carbonyl (C=O) groups excluding carboxylic acids is 2. The second-order valence-electron chi connectivity index (χ2n) is 5.32. The molecule has 0 saturated carbocycles. The highest BCUT2D eigenvalue weighted by Crippen LogP contribution is 2.38. The molecule has 0 atom stereocenters. The van der Waals surface area contributed by atoms with Gasteiger partial charge in [-0.15, -0.1) is 0 Å². The number of nitrogens with zero attached hydrogens (tertiary/aromatic N) is 1. The van der Waals surface area contributed by atoms with Gasteiger partial charge in [0.2, 0.25) is 5.91 Å². The molecule has 0 aromatic rings. The Morgan fingerprint density at radius 1 is 1.38 bits per heavy atom. The number of likely N-dealkylation sites (tertiary alicyclic amines) is 1. The first kappa shape index (κ1) is 13.0. The molecule has 0 unspecified atom stereocenters. The maximum atomic E-state index is 11.9. The minimum Gasteiger partial charge on any atom is -0.443 e. The van der Waals surface area contributed by atoms with E-state index in [-0.39, 0.29) is 11.4 Å². The number of rotatable bonds is 2. The zero-order valence-electron chi connectivity index (χ0n) is 10.8. The maximum Gasteiger partial charge on any atom is 0.417 e. The summed E-state index contributed by atoms with van der Waals surface area (Å²) < 4.78 is 5.24. The SMILES string of the molecule is CCC1(CC)CC(=O)N1C(=O)OC(C)(C)C. The molecule has 92 valence electrons. The predicted molar refractivity (Wildman–Crippen MR) is 61.0 cm³/mol. The van der Waals surface area contributed by atoms with E-state index in [9.17, 15) is 9.59 Å². The molecule has 1 heterocycles. The van der Waals surface area contributed by atoms with E-state index >= 15 is 0 Å². The monoisotopic (exact) mass is 227 g/mol. The van der Waals surface area contributed by atoms with E-state index < -0.39 is 11.7 Å². The molecule has 1 aliphatic rings. The lowest BCUT2D eigenvalue weighted by atomic mass is 9.79. The minimum atomic E-state index is -0.555. The topological polar surface area (TPSA) is 46.6 Å². The van der Waals surface area contributed by atoms with E-state index in [1.165, 1.54) is 4.90 Å². The van der Waals surface area contributed by atoms with Crippen LogP contribution in [0.25, 0.3) is 0 Å². The normalized spacial score (nSPS) is 19.3. The van der Waals surface area contributed by atoms with Crippen molar-refractivity contribution >= 4 is 12.0 Å². The van der Waals surface area contributed by atoms with Crippen LogP contribution in [0.1, 0.15) is 53.9 Å². The fourth-order valence-electron chi connectivity index (χ4n) is 2.03. The molecule has 16 heavy (non-hydrogen) atoms. The highest BCUT2D eigenvalue weighted by atomic mass is 16.6. The van der Waals surface area contributed by atoms with E-state index in [4.69, 9.17) is 4.74 Å². The summed E-state index contributed by atoms with van der Waals surface area (Å²) in [6.45, 7) is 9.39. The fourth-order valence-corrected chi connectivity index (χ4v) is 2.03. The number of β-lactam (4-membered cyclic amide) rings is 1. The first-order valence-corrected chi connectivity index (χ1v) is 5.82. The van der Waals surface area contributed by atoms with E-state index in [1.807, 2.05) is 13.8 Å². The number of ether oxygens (including phenoxy) is 1. The van der Waals surface area contributed by atoms with Crippen molar-refractivity contribution in [2.75, 3.05) is 0 Å². The maximum absolute atomic E-state index is 11.9. The Kier molecular flexibility index (Phi) is 3.31. The van der Waals surface area contributed by atoms with Gasteiger partial charge in [-0.25, -0.2) is 9.69 Å². The van der Waals surface area contributed by atoms with Gasteiger partial charge in [-0.05, 0) is 33.6 Å². The molecule has 0 spiro atoms. The minimum absolute atomic E-state index is 0.127. The number of hydrogen-bond acceptors (Lipinski definition) is 3. The van der Waals surface area contributed by atoms with Crippen molar-refractivity contribution in [2.45, 2.75) is 65.0 Å². The Morgan fingerprint density at radius 3 is 2.19 bits per heavy atom. The summed E-state index contributed by atoms with van der Waals surface area (Å²) in [5.74, 6) is -0.127. The summed E-state index contributed by atoms with van der Waals surface area (Å²) >= 11 is 0. The molecule has 0 aliphatic carbocycles. The number of imide groups is 1. The molecular weight excluding hydrogens is 206 g/mol. The van der Waals surface area contributed by atoms with Crippen LogP contribution in [0.15, 0.2) is 0 Å². The van der Waals surface area contributed by atoms with Crippen LogP contribution in [0.3, 0.4) is 0 Å². The molecule has 0 bridgehead atoms. The van der Waals surface area contributed by atoms with Crippen molar-refractivity contribution in [3.05, 3.63) is 0 Å². The van der Waals surface area contributed by atoms with Gasteiger partial charge in [0.15, 0.2) is 0 Å². The smallest absolute Gasteiger partial charge is 0.417 e. The third-order valence-electron chi connectivity index (χ3n) is 3.10. The van der Waals surface area contributed by atoms with Crippen LogP contribution < -0.4 is 0 Å². The van der Waals surface area contributed by atoms with E-state index in [0.29, 0.717) is 6.42 Å². The zero-order chi connectivity index (χ0) is 12.6. The van der Waals surface area contributed by atoms with Crippen LogP contribution in [0.2, 0.25) is 0 Å². The Labute approximate surface area is 96.9 Å². The number of carbonyl (C=O) groups is 2. The Morgan fingerprint density at radius 2 is 1.88 bits per heavy atom. The average molecular weight is 227 g/mol. The summed E-state index contributed by atoms with van der Waals surface area (Å²) in [4.78, 5) is 24.7. The highest BCUT2D eigenvalue weighted by molar-refractivity contribution is 5.99. The van der Waals surface area contributed by atoms with Gasteiger partial charge >= 0.3 is 6.09 Å². The second-order valence-corrected chi connectivity index (χ2v) is 5.32. The number of amides is 2. The predicted octanol–water partition coefficient (Wildman–Crippen LogP) is 2.71. The summed E-state index contributed by atoms with van der Waals surface area (Å²) in [6.07, 6.45) is 1.52. The highest BCUT2D eigenvalue weighted by Gasteiger charge is 2.53. The Hall–Kier alpha value is -1.06. The second kappa shape index (κ2) is 4.07. The molecule has 0 radical (unpaired) electrons. The molecule has 1 fully saturated rings.